The molecule has 2 aromatic heterocycles. The molecule has 166 valence electrons. The Morgan fingerprint density at radius 2 is 1.94 bits per heavy atom. The van der Waals surface area contributed by atoms with Crippen molar-refractivity contribution in [2.24, 2.45) is 7.05 Å². The first kappa shape index (κ1) is 20.9. The number of sulfone groups is 1. The van der Waals surface area contributed by atoms with Crippen molar-refractivity contribution in [1.29, 1.82) is 0 Å². The quantitative estimate of drug-likeness (QED) is 0.503. The number of nitrogens with one attached hydrogen (secondary N) is 1. The Kier molecular flexibility index (Phi) is 5.36. The second-order valence-corrected chi connectivity index (χ2v) is 10.3. The summed E-state index contributed by atoms with van der Waals surface area (Å²) in [6.07, 6.45) is 5.22. The van der Waals surface area contributed by atoms with Gasteiger partial charge in [-0.1, -0.05) is 30.3 Å². The van der Waals surface area contributed by atoms with Crippen LogP contribution in [0.15, 0.2) is 65.8 Å². The molecule has 1 fully saturated rings. The first-order chi connectivity index (χ1) is 15.4. The van der Waals surface area contributed by atoms with Crippen molar-refractivity contribution < 1.29 is 13.2 Å². The van der Waals surface area contributed by atoms with E-state index in [1.165, 1.54) is 22.7 Å². The fourth-order valence-electron chi connectivity index (χ4n) is 4.38. The predicted octanol–water partition coefficient (Wildman–Crippen LogP) is 3.55. The number of aromatic amines is 1. The van der Waals surface area contributed by atoms with E-state index in [1.54, 1.807) is 30.5 Å². The van der Waals surface area contributed by atoms with Gasteiger partial charge in [-0.15, -0.1) is 0 Å². The summed E-state index contributed by atoms with van der Waals surface area (Å²) in [5.41, 5.74) is 4.27. The van der Waals surface area contributed by atoms with Crippen LogP contribution in [0.5, 0.6) is 0 Å². The van der Waals surface area contributed by atoms with Gasteiger partial charge in [-0.3, -0.25) is 4.90 Å². The molecule has 0 bridgehead atoms. The molecule has 0 amide bonds. The van der Waals surface area contributed by atoms with E-state index < -0.39 is 9.84 Å². The summed E-state index contributed by atoms with van der Waals surface area (Å²) in [7, 11) is -1.14. The van der Waals surface area contributed by atoms with Crippen molar-refractivity contribution in [3.8, 4) is 11.3 Å². The molecular weight excluding hydrogens is 424 g/mol. The fourth-order valence-corrected chi connectivity index (χ4v) is 5.01. The molecule has 0 spiro atoms. The van der Waals surface area contributed by atoms with Gasteiger partial charge in [0.25, 0.3) is 0 Å². The molecule has 5 rings (SSSR count). The average molecular weight is 451 g/mol. The zero-order valence-electron chi connectivity index (χ0n) is 18.2. The van der Waals surface area contributed by atoms with Gasteiger partial charge in [-0.25, -0.2) is 13.4 Å². The Morgan fingerprint density at radius 1 is 1.16 bits per heavy atom. The number of rotatable bonds is 5. The van der Waals surface area contributed by atoms with Gasteiger partial charge in [0.1, 0.15) is 5.82 Å². The lowest BCUT2D eigenvalue weighted by Crippen LogP contribution is -2.39. The third-order valence-corrected chi connectivity index (χ3v) is 7.23. The molecule has 0 aliphatic carbocycles. The van der Waals surface area contributed by atoms with Crippen LogP contribution in [0.4, 0.5) is 0 Å². The third kappa shape index (κ3) is 3.97. The Balaban J connectivity index is 1.40. The van der Waals surface area contributed by atoms with Crippen LogP contribution in [-0.2, 0) is 28.2 Å². The van der Waals surface area contributed by atoms with Crippen LogP contribution in [0.3, 0.4) is 0 Å². The van der Waals surface area contributed by atoms with Crippen molar-refractivity contribution in [1.82, 2.24) is 19.4 Å². The smallest absolute Gasteiger partial charge is 0.175 e. The van der Waals surface area contributed by atoms with Crippen LogP contribution < -0.4 is 0 Å². The summed E-state index contributed by atoms with van der Waals surface area (Å²) in [5.74, 6) is 0.854. The number of fused-ring (bicyclic) bond motifs is 1. The number of aromatic nitrogens is 3. The Morgan fingerprint density at radius 3 is 2.72 bits per heavy atom. The largest absolute Gasteiger partial charge is 0.378 e. The highest BCUT2D eigenvalue weighted by atomic mass is 32.2. The van der Waals surface area contributed by atoms with Gasteiger partial charge < -0.3 is 14.3 Å². The number of ether oxygens (including phenoxy) is 1. The second-order valence-electron chi connectivity index (χ2n) is 8.32. The molecule has 32 heavy (non-hydrogen) atoms. The molecule has 2 aromatic carbocycles. The summed E-state index contributed by atoms with van der Waals surface area (Å²) >= 11 is 0. The van der Waals surface area contributed by atoms with E-state index in [9.17, 15) is 8.42 Å². The normalized spacial score (nSPS) is 17.8. The molecule has 7 nitrogen and oxygen atoms in total. The first-order valence-electron chi connectivity index (χ1n) is 10.6. The Labute approximate surface area is 187 Å². The average Bonchev–Trinajstić information content (AvgIpc) is 3.40. The molecule has 0 radical (unpaired) electrons. The highest BCUT2D eigenvalue weighted by Crippen LogP contribution is 2.29. The number of benzene rings is 2. The maximum absolute atomic E-state index is 11.7. The van der Waals surface area contributed by atoms with Crippen LogP contribution in [0.2, 0.25) is 0 Å². The highest BCUT2D eigenvalue weighted by Gasteiger charge is 2.28. The van der Waals surface area contributed by atoms with Crippen LogP contribution >= 0.6 is 0 Å². The maximum Gasteiger partial charge on any atom is 0.175 e. The lowest BCUT2D eigenvalue weighted by Gasteiger charge is -2.34. The number of para-hydroxylation sites is 1. The number of imidazole rings is 1. The monoisotopic (exact) mass is 450 g/mol. The SMILES string of the molecule is Cn1cc(CN2CCOCC2c2ncc(-c3ccc(S(C)(=O)=O)cc3)[nH]2)c2ccccc21. The summed E-state index contributed by atoms with van der Waals surface area (Å²) in [6, 6.07) is 15.3. The maximum atomic E-state index is 11.7. The van der Waals surface area contributed by atoms with Gasteiger partial charge in [0.2, 0.25) is 0 Å². The number of hydrogen-bond acceptors (Lipinski definition) is 5. The first-order valence-corrected chi connectivity index (χ1v) is 12.5. The molecule has 1 aliphatic heterocycles. The third-order valence-electron chi connectivity index (χ3n) is 6.10. The predicted molar refractivity (Wildman–Crippen MR) is 124 cm³/mol. The minimum Gasteiger partial charge on any atom is -0.378 e. The van der Waals surface area contributed by atoms with Crippen molar-refractivity contribution in [2.75, 3.05) is 26.0 Å². The van der Waals surface area contributed by atoms with Gasteiger partial charge in [0, 0.05) is 43.5 Å². The number of hydrogen-bond donors (Lipinski definition) is 1. The number of morpholine rings is 1. The Hall–Kier alpha value is -2.94. The minimum atomic E-state index is -3.22. The molecular formula is C24H26N4O3S. The molecule has 0 saturated carbocycles. The topological polar surface area (TPSA) is 80.2 Å². The zero-order valence-corrected chi connectivity index (χ0v) is 19.0. The highest BCUT2D eigenvalue weighted by molar-refractivity contribution is 7.90. The second kappa shape index (κ2) is 8.20. The van der Waals surface area contributed by atoms with Crippen LogP contribution in [0, 0.1) is 0 Å². The van der Waals surface area contributed by atoms with Crippen molar-refractivity contribution >= 4 is 20.7 Å². The van der Waals surface area contributed by atoms with E-state index in [-0.39, 0.29) is 6.04 Å². The molecule has 4 aromatic rings. The molecule has 1 saturated heterocycles. The molecule has 1 unspecified atom stereocenters. The summed E-state index contributed by atoms with van der Waals surface area (Å²) in [4.78, 5) is 10.8. The van der Waals surface area contributed by atoms with Crippen LogP contribution in [0.1, 0.15) is 17.4 Å². The van der Waals surface area contributed by atoms with Gasteiger partial charge in [0.05, 0.1) is 36.0 Å². The van der Waals surface area contributed by atoms with Gasteiger partial charge in [-0.2, -0.15) is 0 Å². The summed E-state index contributed by atoms with van der Waals surface area (Å²) in [5, 5.41) is 1.27. The summed E-state index contributed by atoms with van der Waals surface area (Å²) < 4.78 is 31.4. The van der Waals surface area contributed by atoms with E-state index >= 15 is 0 Å². The van der Waals surface area contributed by atoms with Crippen molar-refractivity contribution in [3.63, 3.8) is 0 Å². The molecule has 3 heterocycles. The van der Waals surface area contributed by atoms with E-state index in [0.717, 1.165) is 30.2 Å². The number of aryl methyl sites for hydroxylation is 1. The van der Waals surface area contributed by atoms with Crippen LogP contribution in [0.25, 0.3) is 22.2 Å². The lowest BCUT2D eigenvalue weighted by molar-refractivity contribution is -0.0154. The van der Waals surface area contributed by atoms with Crippen molar-refractivity contribution in [3.05, 3.63) is 72.3 Å². The van der Waals surface area contributed by atoms with E-state index in [2.05, 4.69) is 56.9 Å². The van der Waals surface area contributed by atoms with Crippen molar-refractivity contribution in [2.45, 2.75) is 17.5 Å². The zero-order chi connectivity index (χ0) is 22.3. The molecule has 1 aliphatic rings. The lowest BCUT2D eigenvalue weighted by atomic mass is 10.1. The Bertz CT molecular complexity index is 1360. The van der Waals surface area contributed by atoms with Gasteiger partial charge in [0.15, 0.2) is 9.84 Å². The standard InChI is InChI=1S/C24H26N4O3S/c1-27-14-18(20-5-3-4-6-22(20)27)15-28-11-12-31-16-23(28)24-25-13-21(26-24)17-7-9-19(10-8-17)32(2,29)30/h3-10,13-14,23H,11-12,15-16H2,1-2H3,(H,25,26). The van der Waals surface area contributed by atoms with E-state index in [1.807, 2.05) is 0 Å². The van der Waals surface area contributed by atoms with E-state index in [0.29, 0.717) is 18.1 Å². The van der Waals surface area contributed by atoms with Gasteiger partial charge in [-0.05, 0) is 29.3 Å². The molecule has 8 heteroatoms. The molecule has 1 atom stereocenters. The molecule has 1 N–H and O–H groups in total. The fraction of sp³-hybridized carbons (Fsp3) is 0.292. The number of H-pyrrole nitrogens is 1. The minimum absolute atomic E-state index is 0.0201. The number of nitrogens with zero attached hydrogens (tertiary/aromatic N) is 3. The van der Waals surface area contributed by atoms with Crippen LogP contribution in [-0.4, -0.2) is 53.9 Å². The van der Waals surface area contributed by atoms with E-state index in [4.69, 9.17) is 4.74 Å². The summed E-state index contributed by atoms with van der Waals surface area (Å²) in [6.45, 7) is 2.91. The van der Waals surface area contributed by atoms with Gasteiger partial charge >= 0.3 is 0 Å².